The molecule has 0 amide bonds. The lowest BCUT2D eigenvalue weighted by molar-refractivity contribution is 0.0100. The van der Waals surface area contributed by atoms with E-state index in [1.807, 2.05) is 0 Å². The second-order valence-corrected chi connectivity index (χ2v) is 7.52. The molecular weight excluding hydrogens is 296 g/mol. The van der Waals surface area contributed by atoms with Crippen LogP contribution in [0.15, 0.2) is 30.3 Å². The highest BCUT2D eigenvalue weighted by Crippen LogP contribution is 2.28. The van der Waals surface area contributed by atoms with Crippen molar-refractivity contribution in [2.75, 3.05) is 53.4 Å². The predicted octanol–water partition coefficient (Wildman–Crippen LogP) is 2.25. The van der Waals surface area contributed by atoms with Crippen LogP contribution < -0.4 is 5.73 Å². The fraction of sp³-hybridized carbons (Fsp3) is 0.700. The van der Waals surface area contributed by atoms with Gasteiger partial charge >= 0.3 is 0 Å². The van der Waals surface area contributed by atoms with Crippen LogP contribution >= 0.6 is 0 Å². The molecule has 1 aliphatic rings. The summed E-state index contributed by atoms with van der Waals surface area (Å²) in [5.74, 6) is 0. The zero-order valence-electron chi connectivity index (χ0n) is 15.9. The number of likely N-dealkylation sites (N-methyl/N-ethyl adjacent to an activating group) is 1. The smallest absolute Gasteiger partial charge is 0.0459 e. The molecule has 1 aliphatic heterocycles. The van der Waals surface area contributed by atoms with Crippen LogP contribution in [0.1, 0.15) is 31.7 Å². The minimum absolute atomic E-state index is 0.138. The average molecular weight is 333 g/mol. The first kappa shape index (κ1) is 19.4. The molecule has 0 aliphatic carbocycles. The maximum atomic E-state index is 6.35. The van der Waals surface area contributed by atoms with Gasteiger partial charge in [0.05, 0.1) is 0 Å². The number of hydrogen-bond donors (Lipinski definition) is 1. The predicted molar refractivity (Wildman–Crippen MR) is 103 cm³/mol. The van der Waals surface area contributed by atoms with Gasteiger partial charge in [0.25, 0.3) is 0 Å². The second kappa shape index (κ2) is 9.52. The van der Waals surface area contributed by atoms with Crippen LogP contribution in [0.25, 0.3) is 0 Å². The third-order valence-corrected chi connectivity index (χ3v) is 5.24. The van der Waals surface area contributed by atoms with Gasteiger partial charge in [0.1, 0.15) is 0 Å². The molecule has 4 heteroatoms. The normalized spacial score (nSPS) is 22.4. The van der Waals surface area contributed by atoms with E-state index in [4.69, 9.17) is 5.73 Å². The van der Waals surface area contributed by atoms with Gasteiger partial charge in [-0.15, -0.1) is 0 Å². The quantitative estimate of drug-likeness (QED) is 0.752. The average Bonchev–Trinajstić information content (AvgIpc) is 2.59. The third kappa shape index (κ3) is 5.28. The fourth-order valence-electron chi connectivity index (χ4n) is 3.91. The lowest BCUT2D eigenvalue weighted by Crippen LogP contribution is -2.63. The molecule has 1 heterocycles. The summed E-state index contributed by atoms with van der Waals surface area (Å²) in [4.78, 5) is 7.55. The van der Waals surface area contributed by atoms with E-state index in [0.29, 0.717) is 0 Å². The summed E-state index contributed by atoms with van der Waals surface area (Å²) in [6.07, 6.45) is 3.66. The maximum Gasteiger partial charge on any atom is 0.0459 e. The number of piperidine rings is 1. The SMILES string of the molecule is CCCN(CCN(C)C)C1(CN)CCCN(Cc2ccccc2)C1. The molecule has 0 spiro atoms. The molecule has 4 nitrogen and oxygen atoms in total. The Balaban J connectivity index is 2.07. The van der Waals surface area contributed by atoms with Crippen LogP contribution in [0.4, 0.5) is 0 Å². The van der Waals surface area contributed by atoms with Crippen LogP contribution in [0.3, 0.4) is 0 Å². The third-order valence-electron chi connectivity index (χ3n) is 5.24. The van der Waals surface area contributed by atoms with E-state index >= 15 is 0 Å². The number of nitrogens with zero attached hydrogens (tertiary/aromatic N) is 3. The van der Waals surface area contributed by atoms with Crippen molar-refractivity contribution < 1.29 is 0 Å². The van der Waals surface area contributed by atoms with Crippen molar-refractivity contribution in [2.45, 2.75) is 38.3 Å². The van der Waals surface area contributed by atoms with Gasteiger partial charge in [-0.05, 0) is 52.0 Å². The molecule has 0 saturated carbocycles. The Hall–Kier alpha value is -0.940. The van der Waals surface area contributed by atoms with Gasteiger partial charge in [-0.2, -0.15) is 0 Å². The van der Waals surface area contributed by atoms with Gasteiger partial charge in [0, 0.05) is 38.3 Å². The summed E-state index contributed by atoms with van der Waals surface area (Å²) in [5, 5.41) is 0. The molecule has 1 atom stereocenters. The molecule has 2 rings (SSSR count). The van der Waals surface area contributed by atoms with E-state index in [1.165, 1.54) is 31.4 Å². The minimum atomic E-state index is 0.138. The molecular formula is C20H36N4. The van der Waals surface area contributed by atoms with Gasteiger partial charge in [0.15, 0.2) is 0 Å². The summed E-state index contributed by atoms with van der Waals surface area (Å²) >= 11 is 0. The van der Waals surface area contributed by atoms with Crippen LogP contribution in [-0.2, 0) is 6.54 Å². The van der Waals surface area contributed by atoms with Gasteiger partial charge in [-0.25, -0.2) is 0 Å². The van der Waals surface area contributed by atoms with E-state index in [2.05, 4.69) is 66.1 Å². The first-order valence-corrected chi connectivity index (χ1v) is 9.46. The number of nitrogens with two attached hydrogens (primary N) is 1. The molecule has 1 aromatic carbocycles. The van der Waals surface area contributed by atoms with E-state index in [-0.39, 0.29) is 5.54 Å². The molecule has 1 fully saturated rings. The van der Waals surface area contributed by atoms with Gasteiger partial charge in [-0.1, -0.05) is 37.3 Å². The number of hydrogen-bond acceptors (Lipinski definition) is 4. The fourth-order valence-corrected chi connectivity index (χ4v) is 3.91. The first-order valence-electron chi connectivity index (χ1n) is 9.46. The van der Waals surface area contributed by atoms with E-state index in [1.54, 1.807) is 0 Å². The highest BCUT2D eigenvalue weighted by Gasteiger charge is 2.39. The lowest BCUT2D eigenvalue weighted by Gasteiger charge is -2.49. The van der Waals surface area contributed by atoms with Crippen molar-refractivity contribution in [3.05, 3.63) is 35.9 Å². The molecule has 136 valence electrons. The van der Waals surface area contributed by atoms with Crippen LogP contribution in [0, 0.1) is 0 Å². The molecule has 0 aromatic heterocycles. The summed E-state index contributed by atoms with van der Waals surface area (Å²) in [6.45, 7) is 9.69. The Kier molecular flexibility index (Phi) is 7.69. The van der Waals surface area contributed by atoms with Crippen molar-refractivity contribution in [1.29, 1.82) is 0 Å². The minimum Gasteiger partial charge on any atom is -0.329 e. The number of likely N-dealkylation sites (tertiary alicyclic amines) is 1. The van der Waals surface area contributed by atoms with E-state index in [9.17, 15) is 0 Å². The first-order chi connectivity index (χ1) is 11.6. The van der Waals surface area contributed by atoms with Crippen molar-refractivity contribution in [1.82, 2.24) is 14.7 Å². The Labute approximate surface area is 148 Å². The van der Waals surface area contributed by atoms with E-state index in [0.717, 1.165) is 39.3 Å². The summed E-state index contributed by atoms with van der Waals surface area (Å²) in [6, 6.07) is 10.8. The Morgan fingerprint density at radius 1 is 1.12 bits per heavy atom. The zero-order valence-corrected chi connectivity index (χ0v) is 15.9. The molecule has 0 bridgehead atoms. The van der Waals surface area contributed by atoms with Crippen molar-refractivity contribution in [3.8, 4) is 0 Å². The number of benzene rings is 1. The topological polar surface area (TPSA) is 35.7 Å². The molecule has 1 aromatic rings. The summed E-state index contributed by atoms with van der Waals surface area (Å²) in [5.41, 5.74) is 7.89. The van der Waals surface area contributed by atoms with Gasteiger partial charge in [0.2, 0.25) is 0 Å². The Morgan fingerprint density at radius 3 is 2.50 bits per heavy atom. The summed E-state index contributed by atoms with van der Waals surface area (Å²) < 4.78 is 0. The maximum absolute atomic E-state index is 6.35. The monoisotopic (exact) mass is 332 g/mol. The van der Waals surface area contributed by atoms with Crippen molar-refractivity contribution in [2.24, 2.45) is 5.73 Å². The van der Waals surface area contributed by atoms with Crippen LogP contribution in [-0.4, -0.2) is 73.6 Å². The highest BCUT2D eigenvalue weighted by molar-refractivity contribution is 5.15. The van der Waals surface area contributed by atoms with Crippen LogP contribution in [0.2, 0.25) is 0 Å². The zero-order chi connectivity index (χ0) is 17.4. The standard InChI is InChI=1S/C20H36N4/c1-4-12-24(15-14-22(2)3)20(17-21)11-8-13-23(18-20)16-19-9-6-5-7-10-19/h5-7,9-10H,4,8,11-18,21H2,1-3H3. The van der Waals surface area contributed by atoms with Crippen molar-refractivity contribution >= 4 is 0 Å². The highest BCUT2D eigenvalue weighted by atomic mass is 15.3. The number of rotatable bonds is 9. The molecule has 1 saturated heterocycles. The van der Waals surface area contributed by atoms with Gasteiger partial charge in [-0.3, -0.25) is 9.80 Å². The Morgan fingerprint density at radius 2 is 1.88 bits per heavy atom. The van der Waals surface area contributed by atoms with Gasteiger partial charge < -0.3 is 10.6 Å². The molecule has 2 N–H and O–H groups in total. The largest absolute Gasteiger partial charge is 0.329 e. The molecule has 24 heavy (non-hydrogen) atoms. The van der Waals surface area contributed by atoms with Crippen LogP contribution in [0.5, 0.6) is 0 Å². The lowest BCUT2D eigenvalue weighted by atomic mass is 9.86. The van der Waals surface area contributed by atoms with Crippen molar-refractivity contribution in [3.63, 3.8) is 0 Å². The molecule has 0 radical (unpaired) electrons. The van der Waals surface area contributed by atoms with E-state index < -0.39 is 0 Å². The molecule has 1 unspecified atom stereocenters. The second-order valence-electron chi connectivity index (χ2n) is 7.52. The Bertz CT molecular complexity index is 462. The summed E-state index contributed by atoms with van der Waals surface area (Å²) in [7, 11) is 4.31.